The van der Waals surface area contributed by atoms with Gasteiger partial charge in [-0.1, -0.05) is 109 Å². The second kappa shape index (κ2) is 11.2. The van der Waals surface area contributed by atoms with E-state index in [1.165, 1.54) is 43.8 Å². The number of fused-ring (bicyclic) bond motifs is 7. The van der Waals surface area contributed by atoms with E-state index in [-0.39, 0.29) is 5.84 Å². The summed E-state index contributed by atoms with van der Waals surface area (Å²) in [7, 11) is 0. The molecule has 0 atom stereocenters. The van der Waals surface area contributed by atoms with Gasteiger partial charge in [0, 0.05) is 38.1 Å². The normalized spacial score (nSPS) is 12.5. The summed E-state index contributed by atoms with van der Waals surface area (Å²) in [6.07, 6.45) is 0. The Morgan fingerprint density at radius 2 is 1.25 bits per heavy atom. The van der Waals surface area contributed by atoms with Crippen molar-refractivity contribution in [3.8, 4) is 39.2 Å². The Kier molecular flexibility index (Phi) is 6.11. The Labute approximate surface area is 313 Å². The van der Waals surface area contributed by atoms with Crippen molar-refractivity contribution in [1.82, 2.24) is 14.5 Å². The highest BCUT2D eigenvalue weighted by Gasteiger charge is 2.25. The van der Waals surface area contributed by atoms with Gasteiger partial charge in [0.15, 0.2) is 5.84 Å². The molecular weight excluding hydrogens is 675 g/mol. The molecule has 0 amide bonds. The van der Waals surface area contributed by atoms with E-state index < -0.39 is 0 Å². The minimum Gasteiger partial charge on any atom is -0.456 e. The first kappa shape index (κ1) is 29.9. The van der Waals surface area contributed by atoms with Gasteiger partial charge >= 0.3 is 0 Å². The summed E-state index contributed by atoms with van der Waals surface area (Å²) in [5, 5.41) is 17.5. The zero-order chi connectivity index (χ0) is 36.2. The van der Waals surface area contributed by atoms with Gasteiger partial charge in [-0.2, -0.15) is 4.99 Å². The summed E-state index contributed by atoms with van der Waals surface area (Å²) in [5.41, 5.74) is 13.3. The highest BCUT2D eigenvalue weighted by molar-refractivity contribution is 6.30. The molecule has 1 aliphatic carbocycles. The lowest BCUT2D eigenvalue weighted by Gasteiger charge is -2.15. The Balaban J connectivity index is 1.07. The number of para-hydroxylation sites is 3. The van der Waals surface area contributed by atoms with Crippen LogP contribution in [0.25, 0.3) is 105 Å². The lowest BCUT2D eigenvalue weighted by molar-refractivity contribution is 0.669. The van der Waals surface area contributed by atoms with Gasteiger partial charge in [-0.15, -0.1) is 0 Å². The van der Waals surface area contributed by atoms with E-state index in [4.69, 9.17) is 14.4 Å². The number of H-pyrrole nitrogens is 1. The molecule has 0 unspecified atom stereocenters. The van der Waals surface area contributed by atoms with Gasteiger partial charge in [0.2, 0.25) is 5.62 Å². The summed E-state index contributed by atoms with van der Waals surface area (Å²) in [6.45, 7) is 0. The van der Waals surface area contributed by atoms with Gasteiger partial charge in [0.1, 0.15) is 11.2 Å². The molecule has 256 valence electrons. The first-order valence-corrected chi connectivity index (χ1v) is 18.4. The average molecular weight is 704 g/mol. The molecule has 0 spiro atoms. The number of amidine groups is 1. The zero-order valence-electron chi connectivity index (χ0n) is 29.3. The summed E-state index contributed by atoms with van der Waals surface area (Å²) >= 11 is 0. The maximum Gasteiger partial charge on any atom is 0.229 e. The van der Waals surface area contributed by atoms with E-state index in [1.54, 1.807) is 0 Å². The number of hydrogen-bond acceptors (Lipinski definition) is 3. The van der Waals surface area contributed by atoms with Crippen molar-refractivity contribution in [2.45, 2.75) is 0 Å². The minimum atomic E-state index is 0.113. The maximum absolute atomic E-state index is 9.55. The molecule has 0 fully saturated rings. The molecule has 12 rings (SSSR count). The molecule has 0 aliphatic heterocycles. The van der Waals surface area contributed by atoms with Crippen LogP contribution in [0.3, 0.4) is 0 Å². The monoisotopic (exact) mass is 703 g/mol. The van der Waals surface area contributed by atoms with Crippen molar-refractivity contribution in [3.05, 3.63) is 175 Å². The summed E-state index contributed by atoms with van der Waals surface area (Å²) in [6, 6.07) is 56.8. The third-order valence-electron chi connectivity index (χ3n) is 11.2. The van der Waals surface area contributed by atoms with Crippen LogP contribution >= 0.6 is 0 Å². The Morgan fingerprint density at radius 3 is 2.15 bits per heavy atom. The van der Waals surface area contributed by atoms with Crippen LogP contribution in [-0.4, -0.2) is 20.4 Å². The number of nitrogens with zero attached hydrogens (tertiary/aromatic N) is 3. The molecule has 55 heavy (non-hydrogen) atoms. The summed E-state index contributed by atoms with van der Waals surface area (Å²) in [5.74, 6) is 0.113. The highest BCUT2D eigenvalue weighted by atomic mass is 16.3. The van der Waals surface area contributed by atoms with Crippen LogP contribution in [0.4, 0.5) is 0 Å². The van der Waals surface area contributed by atoms with E-state index in [0.29, 0.717) is 11.2 Å². The standard InChI is InChI=1S/C49H29N5O/c50-48(53-49-51-38-19-6-3-15-35(38)47(52-49)29-24-26-43-37(27-29)32-14-5-8-22-42(32)55-43)36-16-4-7-20-39(36)54-40-21-10-18-34-31-13-2-1-12-30(31)33-17-9-11-28-23-25-41(54)46(44(28)33)45(34)40/h1-27H,(H2,50,51,52,53). The smallest absolute Gasteiger partial charge is 0.229 e. The van der Waals surface area contributed by atoms with Crippen molar-refractivity contribution < 1.29 is 4.42 Å². The van der Waals surface area contributed by atoms with Crippen LogP contribution in [0.15, 0.2) is 173 Å². The molecule has 6 heteroatoms. The third-order valence-corrected chi connectivity index (χ3v) is 11.2. The number of benzene rings is 8. The first-order valence-electron chi connectivity index (χ1n) is 18.4. The van der Waals surface area contributed by atoms with E-state index in [1.807, 2.05) is 66.7 Å². The molecular formula is C49H29N5O. The number of aromatic amines is 1. The molecule has 0 radical (unpaired) electrons. The predicted octanol–water partition coefficient (Wildman–Crippen LogP) is 12.0. The van der Waals surface area contributed by atoms with Crippen molar-refractivity contribution in [2.75, 3.05) is 0 Å². The van der Waals surface area contributed by atoms with Crippen molar-refractivity contribution in [2.24, 2.45) is 4.99 Å². The molecule has 0 saturated carbocycles. The van der Waals surface area contributed by atoms with Gasteiger partial charge in [-0.25, -0.2) is 4.98 Å². The molecule has 11 aromatic rings. The van der Waals surface area contributed by atoms with E-state index in [0.717, 1.165) is 60.8 Å². The molecule has 0 saturated heterocycles. The molecule has 3 heterocycles. The fourth-order valence-corrected chi connectivity index (χ4v) is 8.88. The van der Waals surface area contributed by atoms with E-state index in [2.05, 4.69) is 107 Å². The lowest BCUT2D eigenvalue weighted by Crippen LogP contribution is -2.17. The number of hydrogen-bond donors (Lipinski definition) is 2. The number of furan rings is 1. The third kappa shape index (κ3) is 4.27. The van der Waals surface area contributed by atoms with Gasteiger partial charge in [0.25, 0.3) is 0 Å². The van der Waals surface area contributed by atoms with Gasteiger partial charge in [-0.05, 0) is 87.6 Å². The molecule has 0 bridgehead atoms. The van der Waals surface area contributed by atoms with Crippen molar-refractivity contribution in [3.63, 3.8) is 0 Å². The Morgan fingerprint density at radius 1 is 0.564 bits per heavy atom. The molecule has 1 aliphatic rings. The van der Waals surface area contributed by atoms with Crippen LogP contribution in [0, 0.1) is 5.41 Å². The fraction of sp³-hybridized carbons (Fsp3) is 0. The Bertz CT molecular complexity index is 3530. The SMILES string of the molecule is N=C(/N=c1/nc(-c2ccc3oc4ccccc4c3c2)c2ccccc2[nH]1)c1ccccc1-n1c2cccc3c2c2c4c(cccc4ccc21)-c1ccccc1-3. The van der Waals surface area contributed by atoms with Crippen LogP contribution in [-0.2, 0) is 0 Å². The van der Waals surface area contributed by atoms with Crippen molar-refractivity contribution in [1.29, 1.82) is 5.41 Å². The maximum atomic E-state index is 9.55. The largest absolute Gasteiger partial charge is 0.456 e. The van der Waals surface area contributed by atoms with E-state index >= 15 is 0 Å². The second-order valence-corrected chi connectivity index (χ2v) is 14.2. The lowest BCUT2D eigenvalue weighted by atomic mass is 9.93. The number of nitrogens with one attached hydrogen (secondary N) is 2. The van der Waals surface area contributed by atoms with Gasteiger partial charge in [-0.3, -0.25) is 5.41 Å². The second-order valence-electron chi connectivity index (χ2n) is 14.2. The molecule has 8 aromatic carbocycles. The summed E-state index contributed by atoms with van der Waals surface area (Å²) in [4.78, 5) is 13.4. The molecule has 2 N–H and O–H groups in total. The van der Waals surface area contributed by atoms with Crippen LogP contribution in [0.5, 0.6) is 0 Å². The number of rotatable bonds is 3. The zero-order valence-corrected chi connectivity index (χ0v) is 29.3. The van der Waals surface area contributed by atoms with E-state index in [9.17, 15) is 5.41 Å². The Hall–Kier alpha value is -7.57. The first-order chi connectivity index (χ1) is 27.2. The highest BCUT2D eigenvalue weighted by Crippen LogP contribution is 2.49. The van der Waals surface area contributed by atoms with Crippen molar-refractivity contribution >= 4 is 71.3 Å². The predicted molar refractivity (Wildman–Crippen MR) is 224 cm³/mol. The van der Waals surface area contributed by atoms with Crippen LogP contribution in [0.1, 0.15) is 5.56 Å². The number of aromatic nitrogens is 3. The fourth-order valence-electron chi connectivity index (χ4n) is 8.88. The van der Waals surface area contributed by atoms with Crippen LogP contribution in [0.2, 0.25) is 0 Å². The quantitative estimate of drug-likeness (QED) is 0.142. The average Bonchev–Trinajstić information content (AvgIpc) is 3.74. The molecule has 3 aromatic heterocycles. The molecule has 6 nitrogen and oxygen atoms in total. The van der Waals surface area contributed by atoms with Crippen LogP contribution < -0.4 is 5.62 Å². The van der Waals surface area contributed by atoms with Gasteiger partial charge < -0.3 is 14.0 Å². The topological polar surface area (TPSA) is 83.0 Å². The minimum absolute atomic E-state index is 0.113. The van der Waals surface area contributed by atoms with Gasteiger partial charge in [0.05, 0.1) is 27.9 Å². The summed E-state index contributed by atoms with van der Waals surface area (Å²) < 4.78 is 8.44.